The summed E-state index contributed by atoms with van der Waals surface area (Å²) in [6.45, 7) is 2.09. The van der Waals surface area contributed by atoms with Crippen LogP contribution in [-0.2, 0) is 11.3 Å². The van der Waals surface area contributed by atoms with Crippen LogP contribution < -0.4 is 10.1 Å². The molecular weight excluding hydrogens is 324 g/mol. The van der Waals surface area contributed by atoms with Crippen LogP contribution in [0.3, 0.4) is 0 Å². The van der Waals surface area contributed by atoms with E-state index in [-0.39, 0.29) is 0 Å². The fourth-order valence-corrected chi connectivity index (χ4v) is 2.08. The van der Waals surface area contributed by atoms with Gasteiger partial charge in [-0.1, -0.05) is 15.9 Å². The summed E-state index contributed by atoms with van der Waals surface area (Å²) in [7, 11) is 3.30. The summed E-state index contributed by atoms with van der Waals surface area (Å²) in [6.07, 6.45) is 1.65. The smallest absolute Gasteiger partial charge is 0.229 e. The summed E-state index contributed by atoms with van der Waals surface area (Å²) in [5.41, 5.74) is 1.68. The molecule has 108 valence electrons. The highest BCUT2D eigenvalue weighted by Gasteiger charge is 2.12. The standard InChI is InChI=1S/C14H17BrN2O3/c1-18-6-5-16-8-11-9-20-14(17-11)12-4-3-10(15)7-13(12)19-2/h3-4,7,9,16H,5-6,8H2,1-2H3. The van der Waals surface area contributed by atoms with Crippen molar-refractivity contribution in [2.75, 3.05) is 27.4 Å². The third-order valence-corrected chi connectivity index (χ3v) is 3.23. The molecule has 0 radical (unpaired) electrons. The predicted molar refractivity (Wildman–Crippen MR) is 79.8 cm³/mol. The van der Waals surface area contributed by atoms with Crippen molar-refractivity contribution in [2.24, 2.45) is 0 Å². The molecule has 0 aliphatic carbocycles. The highest BCUT2D eigenvalue weighted by molar-refractivity contribution is 9.10. The SMILES string of the molecule is COCCNCc1coc(-c2ccc(Br)cc2OC)n1. The first-order valence-corrected chi connectivity index (χ1v) is 7.02. The van der Waals surface area contributed by atoms with Crippen molar-refractivity contribution in [1.29, 1.82) is 0 Å². The highest BCUT2D eigenvalue weighted by atomic mass is 79.9. The lowest BCUT2D eigenvalue weighted by molar-refractivity contribution is 0.199. The minimum Gasteiger partial charge on any atom is -0.496 e. The van der Waals surface area contributed by atoms with Crippen molar-refractivity contribution >= 4 is 15.9 Å². The maximum atomic E-state index is 5.51. The van der Waals surface area contributed by atoms with Crippen LogP contribution in [0, 0.1) is 0 Å². The molecule has 0 fully saturated rings. The van der Waals surface area contributed by atoms with E-state index in [1.807, 2.05) is 18.2 Å². The molecule has 1 N–H and O–H groups in total. The number of rotatable bonds is 7. The molecule has 2 rings (SSSR count). The topological polar surface area (TPSA) is 56.5 Å². The van der Waals surface area contributed by atoms with Gasteiger partial charge in [0.25, 0.3) is 0 Å². The van der Waals surface area contributed by atoms with Crippen molar-refractivity contribution in [1.82, 2.24) is 10.3 Å². The molecule has 1 aromatic carbocycles. The Morgan fingerprint density at radius 1 is 1.35 bits per heavy atom. The Morgan fingerprint density at radius 3 is 2.95 bits per heavy atom. The fraction of sp³-hybridized carbons (Fsp3) is 0.357. The third-order valence-electron chi connectivity index (χ3n) is 2.73. The highest BCUT2D eigenvalue weighted by Crippen LogP contribution is 2.31. The zero-order valence-electron chi connectivity index (χ0n) is 11.5. The second-order valence-electron chi connectivity index (χ2n) is 4.16. The lowest BCUT2D eigenvalue weighted by Crippen LogP contribution is -2.18. The van der Waals surface area contributed by atoms with Crippen LogP contribution in [0.1, 0.15) is 5.69 Å². The van der Waals surface area contributed by atoms with E-state index in [4.69, 9.17) is 13.9 Å². The number of methoxy groups -OCH3 is 2. The Kier molecular flexibility index (Phi) is 5.58. The van der Waals surface area contributed by atoms with E-state index in [2.05, 4.69) is 26.2 Å². The summed E-state index contributed by atoms with van der Waals surface area (Å²) in [5, 5.41) is 3.22. The monoisotopic (exact) mass is 340 g/mol. The Labute approximate surface area is 126 Å². The van der Waals surface area contributed by atoms with Crippen molar-refractivity contribution in [2.45, 2.75) is 6.54 Å². The van der Waals surface area contributed by atoms with Gasteiger partial charge in [-0.25, -0.2) is 4.98 Å². The first-order valence-electron chi connectivity index (χ1n) is 6.22. The normalized spacial score (nSPS) is 10.8. The number of oxazole rings is 1. The lowest BCUT2D eigenvalue weighted by atomic mass is 10.2. The van der Waals surface area contributed by atoms with Gasteiger partial charge in [-0.2, -0.15) is 0 Å². The number of ether oxygens (including phenoxy) is 2. The van der Waals surface area contributed by atoms with Gasteiger partial charge in [0.1, 0.15) is 12.0 Å². The zero-order chi connectivity index (χ0) is 14.4. The van der Waals surface area contributed by atoms with E-state index in [0.29, 0.717) is 19.0 Å². The molecule has 0 bridgehead atoms. The van der Waals surface area contributed by atoms with E-state index in [9.17, 15) is 0 Å². The fourth-order valence-electron chi connectivity index (χ4n) is 1.74. The van der Waals surface area contributed by atoms with Gasteiger partial charge in [-0.05, 0) is 18.2 Å². The van der Waals surface area contributed by atoms with Crippen LogP contribution in [-0.4, -0.2) is 32.4 Å². The zero-order valence-corrected chi connectivity index (χ0v) is 13.1. The minimum atomic E-state index is 0.554. The van der Waals surface area contributed by atoms with Gasteiger partial charge in [0, 0.05) is 24.7 Å². The molecule has 5 nitrogen and oxygen atoms in total. The molecule has 0 saturated heterocycles. The van der Waals surface area contributed by atoms with Crippen LogP contribution in [0.25, 0.3) is 11.5 Å². The molecular formula is C14H17BrN2O3. The molecule has 0 unspecified atom stereocenters. The van der Waals surface area contributed by atoms with E-state index in [0.717, 1.165) is 28.0 Å². The van der Waals surface area contributed by atoms with Crippen LogP contribution in [0.15, 0.2) is 33.4 Å². The molecule has 1 aromatic heterocycles. The Bertz CT molecular complexity index is 557. The Balaban J connectivity index is 2.08. The minimum absolute atomic E-state index is 0.554. The van der Waals surface area contributed by atoms with Crippen LogP contribution in [0.5, 0.6) is 5.75 Å². The van der Waals surface area contributed by atoms with Gasteiger partial charge in [0.2, 0.25) is 5.89 Å². The van der Waals surface area contributed by atoms with Gasteiger partial charge < -0.3 is 19.2 Å². The second-order valence-corrected chi connectivity index (χ2v) is 5.07. The number of nitrogens with one attached hydrogen (secondary N) is 1. The molecule has 0 spiro atoms. The van der Waals surface area contributed by atoms with Gasteiger partial charge >= 0.3 is 0 Å². The second kappa shape index (κ2) is 7.42. The quantitative estimate of drug-likeness (QED) is 0.785. The maximum absolute atomic E-state index is 5.51. The molecule has 20 heavy (non-hydrogen) atoms. The van der Waals surface area contributed by atoms with Crippen molar-refractivity contribution < 1.29 is 13.9 Å². The largest absolute Gasteiger partial charge is 0.496 e. The van der Waals surface area contributed by atoms with E-state index in [1.165, 1.54) is 0 Å². The summed E-state index contributed by atoms with van der Waals surface area (Å²) >= 11 is 3.41. The number of hydrogen-bond acceptors (Lipinski definition) is 5. The molecule has 0 aliphatic heterocycles. The first kappa shape index (κ1) is 15.0. The lowest BCUT2D eigenvalue weighted by Gasteiger charge is -2.05. The predicted octanol–water partition coefficient (Wildman–Crippen LogP) is 2.85. The summed E-state index contributed by atoms with van der Waals surface area (Å²) in [6, 6.07) is 5.73. The number of aromatic nitrogens is 1. The van der Waals surface area contributed by atoms with Crippen molar-refractivity contribution in [3.05, 3.63) is 34.6 Å². The number of halogens is 1. The summed E-state index contributed by atoms with van der Waals surface area (Å²) in [4.78, 5) is 4.45. The van der Waals surface area contributed by atoms with Gasteiger partial charge in [-0.15, -0.1) is 0 Å². The third kappa shape index (κ3) is 3.82. The van der Waals surface area contributed by atoms with Gasteiger partial charge in [0.05, 0.1) is 25.0 Å². The summed E-state index contributed by atoms with van der Waals surface area (Å²) < 4.78 is 16.8. The van der Waals surface area contributed by atoms with E-state index < -0.39 is 0 Å². The molecule has 0 aliphatic rings. The average molecular weight is 341 g/mol. The van der Waals surface area contributed by atoms with Gasteiger partial charge in [-0.3, -0.25) is 0 Å². The van der Waals surface area contributed by atoms with Crippen molar-refractivity contribution in [3.63, 3.8) is 0 Å². The van der Waals surface area contributed by atoms with Crippen LogP contribution in [0.4, 0.5) is 0 Å². The van der Waals surface area contributed by atoms with Crippen LogP contribution >= 0.6 is 15.9 Å². The summed E-state index contributed by atoms with van der Waals surface area (Å²) in [5.74, 6) is 1.28. The molecule has 2 aromatic rings. The van der Waals surface area contributed by atoms with Crippen LogP contribution in [0.2, 0.25) is 0 Å². The first-order chi connectivity index (χ1) is 9.74. The molecule has 0 atom stereocenters. The number of nitrogens with zero attached hydrogens (tertiary/aromatic N) is 1. The van der Waals surface area contributed by atoms with E-state index in [1.54, 1.807) is 20.5 Å². The average Bonchev–Trinajstić information content (AvgIpc) is 2.92. The number of benzene rings is 1. The molecule has 1 heterocycles. The molecule has 6 heteroatoms. The van der Waals surface area contributed by atoms with Gasteiger partial charge in [0.15, 0.2) is 0 Å². The Morgan fingerprint density at radius 2 is 2.20 bits per heavy atom. The molecule has 0 amide bonds. The number of hydrogen-bond donors (Lipinski definition) is 1. The molecule has 0 saturated carbocycles. The van der Waals surface area contributed by atoms with Crippen molar-refractivity contribution in [3.8, 4) is 17.2 Å². The van der Waals surface area contributed by atoms with E-state index >= 15 is 0 Å². The maximum Gasteiger partial charge on any atom is 0.229 e. The Hall–Kier alpha value is -1.37.